The van der Waals surface area contributed by atoms with Crippen molar-refractivity contribution >= 4 is 22.6 Å². The molecule has 1 aromatic heterocycles. The summed E-state index contributed by atoms with van der Waals surface area (Å²) < 4.78 is 11.5. The van der Waals surface area contributed by atoms with Crippen LogP contribution in [-0.2, 0) is 24.5 Å². The van der Waals surface area contributed by atoms with E-state index < -0.39 is 0 Å². The zero-order valence-corrected chi connectivity index (χ0v) is 12.3. The van der Waals surface area contributed by atoms with Gasteiger partial charge in [-0.05, 0) is 23.8 Å². The van der Waals surface area contributed by atoms with Crippen molar-refractivity contribution in [3.8, 4) is 0 Å². The molecule has 0 atom stereocenters. The molecule has 1 heterocycles. The Bertz CT molecular complexity index is 734. The van der Waals surface area contributed by atoms with Crippen molar-refractivity contribution in [3.63, 3.8) is 0 Å². The first kappa shape index (κ1) is 14.1. The van der Waals surface area contributed by atoms with E-state index in [-0.39, 0.29) is 0 Å². The van der Waals surface area contributed by atoms with E-state index in [1.54, 1.807) is 0 Å². The van der Waals surface area contributed by atoms with Crippen LogP contribution in [0.4, 0.5) is 0 Å². The molecule has 4 heteroatoms. The molecular weight excluding hydrogens is 286 g/mol. The normalized spacial score (nSPS) is 11.1. The molecule has 0 unspecified atom stereocenters. The van der Waals surface area contributed by atoms with Crippen LogP contribution in [0.2, 0.25) is 5.02 Å². The van der Waals surface area contributed by atoms with E-state index in [9.17, 15) is 0 Å². The fourth-order valence-electron chi connectivity index (χ4n) is 2.32. The average molecular weight is 302 g/mol. The van der Waals surface area contributed by atoms with Crippen molar-refractivity contribution in [1.29, 1.82) is 0 Å². The third-order valence-electron chi connectivity index (χ3n) is 3.40. The van der Waals surface area contributed by atoms with Crippen LogP contribution in [0.3, 0.4) is 0 Å². The molecule has 2 aromatic carbocycles. The van der Waals surface area contributed by atoms with E-state index in [2.05, 4.69) is 0 Å². The van der Waals surface area contributed by atoms with Gasteiger partial charge in [0.15, 0.2) is 0 Å². The summed E-state index contributed by atoms with van der Waals surface area (Å²) in [6.45, 7) is 1.38. The van der Waals surface area contributed by atoms with Crippen molar-refractivity contribution in [1.82, 2.24) is 0 Å². The molecule has 108 valence electrons. The van der Waals surface area contributed by atoms with Gasteiger partial charge in [-0.15, -0.1) is 0 Å². The number of halogens is 1. The smallest absolute Gasteiger partial charge is 0.134 e. The van der Waals surface area contributed by atoms with Crippen LogP contribution in [0.25, 0.3) is 11.0 Å². The lowest BCUT2D eigenvalue weighted by Gasteiger charge is -2.05. The summed E-state index contributed by atoms with van der Waals surface area (Å²) in [5, 5.41) is 1.79. The molecule has 0 spiro atoms. The van der Waals surface area contributed by atoms with Gasteiger partial charge in [-0.25, -0.2) is 0 Å². The maximum atomic E-state index is 5.86. The van der Waals surface area contributed by atoms with E-state index in [4.69, 9.17) is 26.5 Å². The minimum atomic E-state index is 0.369. The number of para-hydroxylation sites is 1. The van der Waals surface area contributed by atoms with Crippen molar-refractivity contribution < 1.29 is 9.15 Å². The predicted octanol–water partition coefficient (Wildman–Crippen LogP) is 4.26. The Hall–Kier alpha value is -1.81. The second kappa shape index (κ2) is 6.31. The Labute approximate surface area is 128 Å². The highest BCUT2D eigenvalue weighted by molar-refractivity contribution is 6.30. The fraction of sp³-hybridized carbons (Fsp3) is 0.176. The van der Waals surface area contributed by atoms with Crippen molar-refractivity contribution in [3.05, 3.63) is 70.4 Å². The van der Waals surface area contributed by atoms with E-state index in [0.717, 1.165) is 32.9 Å². The number of fused-ring (bicyclic) bond motifs is 1. The van der Waals surface area contributed by atoms with Gasteiger partial charge in [0.1, 0.15) is 11.3 Å². The van der Waals surface area contributed by atoms with E-state index in [1.165, 1.54) is 0 Å². The first-order valence-electron chi connectivity index (χ1n) is 6.79. The van der Waals surface area contributed by atoms with Gasteiger partial charge >= 0.3 is 0 Å². The summed E-state index contributed by atoms with van der Waals surface area (Å²) in [6.07, 6.45) is 0. The first-order chi connectivity index (χ1) is 10.3. The number of benzene rings is 2. The van der Waals surface area contributed by atoms with Crippen LogP contribution in [0.15, 0.2) is 52.9 Å². The lowest BCUT2D eigenvalue weighted by molar-refractivity contribution is 0.106. The Morgan fingerprint density at radius 3 is 2.52 bits per heavy atom. The third-order valence-corrected chi connectivity index (χ3v) is 3.65. The van der Waals surface area contributed by atoms with Gasteiger partial charge in [0.2, 0.25) is 0 Å². The summed E-state index contributed by atoms with van der Waals surface area (Å²) in [4.78, 5) is 0. The molecule has 2 N–H and O–H groups in total. The molecule has 3 aromatic rings. The Kier molecular flexibility index (Phi) is 4.25. The second-order valence-corrected chi connectivity index (χ2v) is 5.26. The summed E-state index contributed by atoms with van der Waals surface area (Å²) in [5.41, 5.74) is 8.71. The third kappa shape index (κ3) is 3.10. The van der Waals surface area contributed by atoms with Crippen LogP contribution < -0.4 is 5.73 Å². The number of furan rings is 1. The van der Waals surface area contributed by atoms with Crippen LogP contribution in [0.5, 0.6) is 0 Å². The largest absolute Gasteiger partial charge is 0.459 e. The predicted molar refractivity (Wildman–Crippen MR) is 84.1 cm³/mol. The number of rotatable bonds is 5. The van der Waals surface area contributed by atoms with Gasteiger partial charge in [-0.3, -0.25) is 0 Å². The topological polar surface area (TPSA) is 48.4 Å². The van der Waals surface area contributed by atoms with Crippen LogP contribution >= 0.6 is 11.6 Å². The minimum Gasteiger partial charge on any atom is -0.459 e. The van der Waals surface area contributed by atoms with E-state index >= 15 is 0 Å². The van der Waals surface area contributed by atoms with Gasteiger partial charge < -0.3 is 14.9 Å². The van der Waals surface area contributed by atoms with Gasteiger partial charge in [0, 0.05) is 16.0 Å². The van der Waals surface area contributed by atoms with Crippen LogP contribution in [-0.4, -0.2) is 0 Å². The Balaban J connectivity index is 1.74. The molecule has 0 aliphatic carbocycles. The molecule has 0 aliphatic rings. The molecule has 0 bridgehead atoms. The molecule has 0 saturated carbocycles. The first-order valence-corrected chi connectivity index (χ1v) is 7.17. The Morgan fingerprint density at radius 1 is 1.00 bits per heavy atom. The molecule has 0 fully saturated rings. The number of hydrogen-bond acceptors (Lipinski definition) is 3. The average Bonchev–Trinajstić information content (AvgIpc) is 2.87. The molecular formula is C17H16ClNO2. The molecule has 0 amide bonds. The van der Waals surface area contributed by atoms with Crippen molar-refractivity contribution in [2.45, 2.75) is 19.8 Å². The maximum Gasteiger partial charge on any atom is 0.134 e. The molecule has 0 saturated heterocycles. The van der Waals surface area contributed by atoms with E-state index in [0.29, 0.717) is 19.8 Å². The highest BCUT2D eigenvalue weighted by Crippen LogP contribution is 2.26. The van der Waals surface area contributed by atoms with Crippen LogP contribution in [0, 0.1) is 0 Å². The zero-order chi connectivity index (χ0) is 14.7. The summed E-state index contributed by atoms with van der Waals surface area (Å²) in [7, 11) is 0. The minimum absolute atomic E-state index is 0.369. The molecule has 21 heavy (non-hydrogen) atoms. The Morgan fingerprint density at radius 2 is 1.76 bits per heavy atom. The van der Waals surface area contributed by atoms with Crippen LogP contribution in [0.1, 0.15) is 16.9 Å². The highest BCUT2D eigenvalue weighted by Gasteiger charge is 2.12. The molecule has 3 rings (SSSR count). The lowest BCUT2D eigenvalue weighted by Crippen LogP contribution is -2.01. The summed E-state index contributed by atoms with van der Waals surface area (Å²) in [5.74, 6) is 0.785. The SMILES string of the molecule is NCc1oc2ccccc2c1COCc1ccc(Cl)cc1. The number of nitrogens with two attached hydrogens (primary N) is 1. The zero-order valence-electron chi connectivity index (χ0n) is 11.5. The van der Waals surface area contributed by atoms with Gasteiger partial charge in [0.05, 0.1) is 19.8 Å². The lowest BCUT2D eigenvalue weighted by atomic mass is 10.1. The highest BCUT2D eigenvalue weighted by atomic mass is 35.5. The van der Waals surface area contributed by atoms with Crippen molar-refractivity contribution in [2.24, 2.45) is 5.73 Å². The number of ether oxygens (including phenoxy) is 1. The fourth-order valence-corrected chi connectivity index (χ4v) is 2.45. The van der Waals surface area contributed by atoms with Gasteiger partial charge in [-0.2, -0.15) is 0 Å². The molecule has 0 radical (unpaired) electrons. The quantitative estimate of drug-likeness (QED) is 0.766. The van der Waals surface area contributed by atoms with Crippen molar-refractivity contribution in [2.75, 3.05) is 0 Å². The number of hydrogen-bond donors (Lipinski definition) is 1. The van der Waals surface area contributed by atoms with Gasteiger partial charge in [0.25, 0.3) is 0 Å². The summed E-state index contributed by atoms with van der Waals surface area (Å²) >= 11 is 5.86. The van der Waals surface area contributed by atoms with E-state index in [1.807, 2.05) is 48.5 Å². The van der Waals surface area contributed by atoms with Gasteiger partial charge in [-0.1, -0.05) is 41.9 Å². The molecule has 0 aliphatic heterocycles. The molecule has 3 nitrogen and oxygen atoms in total. The maximum absolute atomic E-state index is 5.86. The standard InChI is InChI=1S/C17H16ClNO2/c18-13-7-5-12(6-8-13)10-20-11-15-14-3-1-2-4-16(14)21-17(15)9-19/h1-8H,9-11,19H2. The summed E-state index contributed by atoms with van der Waals surface area (Å²) in [6, 6.07) is 15.5. The second-order valence-electron chi connectivity index (χ2n) is 4.82. The monoisotopic (exact) mass is 301 g/mol.